The second-order valence-corrected chi connectivity index (χ2v) is 11.7. The van der Waals surface area contributed by atoms with Gasteiger partial charge in [0.15, 0.2) is 5.60 Å². The van der Waals surface area contributed by atoms with Gasteiger partial charge >= 0.3 is 0 Å². The maximum atomic E-state index is 12.4. The molecule has 3 aromatic rings. The molecule has 2 N–H and O–H groups in total. The van der Waals surface area contributed by atoms with E-state index in [4.69, 9.17) is 0 Å². The van der Waals surface area contributed by atoms with E-state index in [-0.39, 0.29) is 5.41 Å². The second-order valence-electron chi connectivity index (χ2n) is 10.4. The van der Waals surface area contributed by atoms with Crippen molar-refractivity contribution in [1.82, 2.24) is 9.88 Å². The Bertz CT molecular complexity index is 1230. The van der Waals surface area contributed by atoms with E-state index in [1.54, 1.807) is 19.3 Å². The van der Waals surface area contributed by atoms with Crippen molar-refractivity contribution in [3.63, 3.8) is 0 Å². The SMILES string of the molecule is Cc1ccc(C(C)(O)C#Cc2cncc(C(O)(c3ccc(C(C)C)cc3)C3(C)CN(C)C3)c2)s1. The topological polar surface area (TPSA) is 56.6 Å². The van der Waals surface area contributed by atoms with Crippen LogP contribution in [-0.4, -0.2) is 40.2 Å². The Labute approximate surface area is 207 Å². The predicted molar refractivity (Wildman–Crippen MR) is 139 cm³/mol. The number of likely N-dealkylation sites (tertiary alicyclic amines) is 1. The van der Waals surface area contributed by atoms with Crippen LogP contribution in [0.4, 0.5) is 0 Å². The molecule has 5 heteroatoms. The number of hydrogen-bond donors (Lipinski definition) is 2. The summed E-state index contributed by atoms with van der Waals surface area (Å²) in [6.45, 7) is 11.7. The van der Waals surface area contributed by atoms with Gasteiger partial charge in [-0.2, -0.15) is 0 Å². The molecule has 0 spiro atoms. The van der Waals surface area contributed by atoms with Crippen molar-refractivity contribution < 1.29 is 10.2 Å². The maximum Gasteiger partial charge on any atom is 0.157 e. The van der Waals surface area contributed by atoms with Crippen LogP contribution in [0, 0.1) is 24.2 Å². The third kappa shape index (κ3) is 4.44. The minimum absolute atomic E-state index is 0.366. The van der Waals surface area contributed by atoms with Crippen LogP contribution < -0.4 is 0 Å². The van der Waals surface area contributed by atoms with E-state index in [0.717, 1.165) is 34.0 Å². The highest BCUT2D eigenvalue weighted by molar-refractivity contribution is 7.12. The Morgan fingerprint density at radius 3 is 2.29 bits per heavy atom. The molecular formula is C29H34N2O2S. The molecule has 1 fully saturated rings. The number of aryl methyl sites for hydroxylation is 1. The quantitative estimate of drug-likeness (QED) is 0.510. The molecule has 178 valence electrons. The first-order valence-corrected chi connectivity index (χ1v) is 12.6. The monoisotopic (exact) mass is 474 g/mol. The molecule has 1 saturated heterocycles. The van der Waals surface area contributed by atoms with Crippen molar-refractivity contribution in [1.29, 1.82) is 0 Å². The van der Waals surface area contributed by atoms with Crippen LogP contribution in [0.5, 0.6) is 0 Å². The van der Waals surface area contributed by atoms with E-state index in [0.29, 0.717) is 11.5 Å². The van der Waals surface area contributed by atoms with Gasteiger partial charge < -0.3 is 15.1 Å². The molecule has 0 amide bonds. The average molecular weight is 475 g/mol. The van der Waals surface area contributed by atoms with E-state index in [1.807, 2.05) is 37.3 Å². The number of pyridine rings is 1. The normalized spacial score (nSPS) is 19.0. The van der Waals surface area contributed by atoms with Crippen molar-refractivity contribution in [3.8, 4) is 11.8 Å². The third-order valence-electron chi connectivity index (χ3n) is 6.93. The zero-order chi connectivity index (χ0) is 24.7. The molecular weight excluding hydrogens is 440 g/mol. The summed E-state index contributed by atoms with van der Waals surface area (Å²) in [6.07, 6.45) is 3.43. The van der Waals surface area contributed by atoms with Crippen LogP contribution in [-0.2, 0) is 11.2 Å². The molecule has 2 unspecified atom stereocenters. The van der Waals surface area contributed by atoms with Crippen LogP contribution in [0.1, 0.15) is 65.6 Å². The third-order valence-corrected chi connectivity index (χ3v) is 8.14. The first kappa shape index (κ1) is 24.6. The van der Waals surface area contributed by atoms with E-state index in [9.17, 15) is 10.2 Å². The fourth-order valence-corrected chi connectivity index (χ4v) is 5.87. The van der Waals surface area contributed by atoms with E-state index >= 15 is 0 Å². The van der Waals surface area contributed by atoms with Crippen LogP contribution in [0.2, 0.25) is 0 Å². The van der Waals surface area contributed by atoms with Gasteiger partial charge in [0, 0.05) is 51.8 Å². The fourth-order valence-electron chi connectivity index (χ4n) is 5.00. The smallest absolute Gasteiger partial charge is 0.157 e. The highest BCUT2D eigenvalue weighted by Gasteiger charge is 2.55. The van der Waals surface area contributed by atoms with Gasteiger partial charge in [-0.3, -0.25) is 4.98 Å². The maximum absolute atomic E-state index is 12.4. The van der Waals surface area contributed by atoms with Crippen molar-refractivity contribution in [3.05, 3.63) is 86.9 Å². The van der Waals surface area contributed by atoms with E-state index in [1.165, 1.54) is 16.9 Å². The number of aliphatic hydroxyl groups is 2. The van der Waals surface area contributed by atoms with Crippen molar-refractivity contribution in [2.45, 2.75) is 51.7 Å². The first-order chi connectivity index (χ1) is 15.9. The number of aromatic nitrogens is 1. The second kappa shape index (κ2) is 8.94. The van der Waals surface area contributed by atoms with Gasteiger partial charge in [-0.15, -0.1) is 11.3 Å². The zero-order valence-electron chi connectivity index (χ0n) is 20.9. The summed E-state index contributed by atoms with van der Waals surface area (Å²) in [4.78, 5) is 8.59. The molecule has 1 aliphatic rings. The van der Waals surface area contributed by atoms with Gasteiger partial charge in [0.25, 0.3) is 0 Å². The molecule has 3 heterocycles. The van der Waals surface area contributed by atoms with Crippen molar-refractivity contribution in [2.24, 2.45) is 5.41 Å². The van der Waals surface area contributed by atoms with Crippen LogP contribution in [0.15, 0.2) is 54.9 Å². The fraction of sp³-hybridized carbons (Fsp3) is 0.414. The summed E-state index contributed by atoms with van der Waals surface area (Å²) < 4.78 is 0. The summed E-state index contributed by atoms with van der Waals surface area (Å²) in [5, 5.41) is 23.3. The Kier molecular flexibility index (Phi) is 6.48. The Morgan fingerprint density at radius 2 is 1.74 bits per heavy atom. The molecule has 0 bridgehead atoms. The molecule has 4 nitrogen and oxygen atoms in total. The largest absolute Gasteiger partial charge is 0.380 e. The highest BCUT2D eigenvalue weighted by atomic mass is 32.1. The van der Waals surface area contributed by atoms with Crippen LogP contribution >= 0.6 is 11.3 Å². The van der Waals surface area contributed by atoms with Gasteiger partial charge in [0.05, 0.1) is 0 Å². The molecule has 4 rings (SSSR count). The zero-order valence-corrected chi connectivity index (χ0v) is 21.7. The number of nitrogens with zero attached hydrogens (tertiary/aromatic N) is 2. The molecule has 0 saturated carbocycles. The lowest BCUT2D eigenvalue weighted by molar-refractivity contribution is -0.127. The van der Waals surface area contributed by atoms with E-state index < -0.39 is 11.2 Å². The standard InChI is InChI=1S/C29H34N2O2S/c1-20(2)23-8-10-24(11-9-23)29(33,27(4)18-31(6)19-27)25-15-22(16-30-17-25)13-14-28(5,32)26-12-7-21(3)34-26/h7-12,15-17,20,32-33H,18-19H2,1-6H3. The molecule has 2 aromatic heterocycles. The van der Waals surface area contributed by atoms with Gasteiger partial charge in [-0.05, 0) is 56.1 Å². The summed E-state index contributed by atoms with van der Waals surface area (Å²) in [6, 6.07) is 14.1. The molecule has 1 aromatic carbocycles. The highest BCUT2D eigenvalue weighted by Crippen LogP contribution is 2.50. The van der Waals surface area contributed by atoms with Gasteiger partial charge in [0.1, 0.15) is 5.60 Å². The van der Waals surface area contributed by atoms with Crippen molar-refractivity contribution >= 4 is 11.3 Å². The van der Waals surface area contributed by atoms with Gasteiger partial charge in [-0.25, -0.2) is 0 Å². The van der Waals surface area contributed by atoms with E-state index in [2.05, 4.69) is 61.7 Å². The minimum atomic E-state index is -1.25. The number of rotatable bonds is 5. The first-order valence-electron chi connectivity index (χ1n) is 11.7. The molecule has 2 atom stereocenters. The van der Waals surface area contributed by atoms with Gasteiger partial charge in [0.2, 0.25) is 0 Å². The minimum Gasteiger partial charge on any atom is -0.380 e. The average Bonchev–Trinajstić information content (AvgIpc) is 3.24. The van der Waals surface area contributed by atoms with Gasteiger partial charge in [-0.1, -0.05) is 56.9 Å². The Morgan fingerprint density at radius 1 is 1.06 bits per heavy atom. The lowest BCUT2D eigenvalue weighted by Crippen LogP contribution is -2.63. The number of hydrogen-bond acceptors (Lipinski definition) is 5. The van der Waals surface area contributed by atoms with Crippen LogP contribution in [0.25, 0.3) is 0 Å². The molecule has 34 heavy (non-hydrogen) atoms. The van der Waals surface area contributed by atoms with Crippen LogP contribution in [0.3, 0.4) is 0 Å². The number of benzene rings is 1. The summed E-state index contributed by atoms with van der Waals surface area (Å²) in [5.41, 5.74) is 0.660. The predicted octanol–water partition coefficient (Wildman–Crippen LogP) is 5.02. The number of thiophene rings is 1. The summed E-state index contributed by atoms with van der Waals surface area (Å²) >= 11 is 1.54. The summed E-state index contributed by atoms with van der Waals surface area (Å²) in [7, 11) is 2.07. The lowest BCUT2D eigenvalue weighted by Gasteiger charge is -2.55. The molecule has 0 radical (unpaired) electrons. The van der Waals surface area contributed by atoms with Crippen molar-refractivity contribution in [2.75, 3.05) is 20.1 Å². The Balaban J connectivity index is 1.75. The molecule has 1 aliphatic heterocycles. The lowest BCUT2D eigenvalue weighted by atomic mass is 9.62. The Hall–Kier alpha value is -2.49. The summed E-state index contributed by atoms with van der Waals surface area (Å²) in [5.74, 6) is 6.53. The molecule has 0 aliphatic carbocycles.